The molecular weight excluding hydrogens is 511 g/mol. The molecular formula is C21H29N6O7PS. The van der Waals surface area contributed by atoms with Crippen LogP contribution in [0.15, 0.2) is 41.5 Å². The van der Waals surface area contributed by atoms with Crippen molar-refractivity contribution in [3.63, 3.8) is 0 Å². The van der Waals surface area contributed by atoms with Crippen LogP contribution in [0.25, 0.3) is 11.2 Å². The maximum atomic E-state index is 12.1. The van der Waals surface area contributed by atoms with E-state index in [4.69, 9.17) is 19.5 Å². The number of hydrogen-bond acceptors (Lipinski definition) is 12. The summed E-state index contributed by atoms with van der Waals surface area (Å²) in [7, 11) is -0.265. The van der Waals surface area contributed by atoms with Gasteiger partial charge in [-0.25, -0.2) is 10.1 Å². The predicted molar refractivity (Wildman–Crippen MR) is 137 cm³/mol. The number of aromatic nitrogens is 4. The lowest BCUT2D eigenvalue weighted by Gasteiger charge is -2.35. The SMILES string of the molecule is COC(COP(NCc1ccccc1)OCCSC=O)C(O)C(C)(O)n1cnc2c(=O)[nH]c(N)nc21. The van der Waals surface area contributed by atoms with Gasteiger partial charge in [-0.2, -0.15) is 4.98 Å². The van der Waals surface area contributed by atoms with E-state index in [0.717, 1.165) is 27.5 Å². The first-order valence-corrected chi connectivity index (χ1v) is 13.1. The van der Waals surface area contributed by atoms with Crippen molar-refractivity contribution in [1.29, 1.82) is 0 Å². The van der Waals surface area contributed by atoms with Crippen molar-refractivity contribution in [3.8, 4) is 0 Å². The summed E-state index contributed by atoms with van der Waals surface area (Å²) in [6, 6.07) is 9.64. The minimum atomic E-state index is -1.99. The number of H-pyrrole nitrogens is 1. The highest BCUT2D eigenvalue weighted by atomic mass is 32.2. The number of aliphatic hydroxyl groups is 2. The number of carbonyl (C=O) groups excluding carboxylic acids is 1. The molecule has 0 aliphatic rings. The van der Waals surface area contributed by atoms with Gasteiger partial charge in [0, 0.05) is 19.4 Å². The summed E-state index contributed by atoms with van der Waals surface area (Å²) in [5.74, 6) is 0.290. The number of aromatic amines is 1. The highest BCUT2D eigenvalue weighted by molar-refractivity contribution is 8.11. The predicted octanol–water partition coefficient (Wildman–Crippen LogP) is 0.716. The summed E-state index contributed by atoms with van der Waals surface area (Å²) in [6.45, 7) is 1.91. The number of aliphatic hydroxyl groups excluding tert-OH is 1. The quantitative estimate of drug-likeness (QED) is 0.103. The summed E-state index contributed by atoms with van der Waals surface area (Å²) in [5, 5.41) is 25.4. The largest absolute Gasteiger partial charge is 0.385 e. The van der Waals surface area contributed by atoms with E-state index in [-0.39, 0.29) is 30.3 Å². The van der Waals surface area contributed by atoms with Crippen LogP contribution >= 0.6 is 20.3 Å². The zero-order valence-electron chi connectivity index (χ0n) is 19.7. The molecule has 0 aliphatic heterocycles. The molecule has 0 radical (unpaired) electrons. The monoisotopic (exact) mass is 540 g/mol. The number of nitrogens with one attached hydrogen (secondary N) is 2. The van der Waals surface area contributed by atoms with E-state index in [1.54, 1.807) is 0 Å². The first-order chi connectivity index (χ1) is 17.3. The van der Waals surface area contributed by atoms with Crippen molar-refractivity contribution < 1.29 is 28.8 Å². The number of methoxy groups -OCH3 is 1. The van der Waals surface area contributed by atoms with E-state index >= 15 is 0 Å². The molecule has 0 saturated heterocycles. The summed E-state index contributed by atoms with van der Waals surface area (Å²) in [6.07, 6.45) is -1.35. The molecule has 2 heterocycles. The number of benzene rings is 1. The van der Waals surface area contributed by atoms with E-state index in [1.807, 2.05) is 30.3 Å². The van der Waals surface area contributed by atoms with E-state index < -0.39 is 32.0 Å². The van der Waals surface area contributed by atoms with Crippen LogP contribution in [0.1, 0.15) is 12.5 Å². The Morgan fingerprint density at radius 2 is 2.11 bits per heavy atom. The Labute approximate surface area is 212 Å². The molecule has 15 heteroatoms. The highest BCUT2D eigenvalue weighted by Gasteiger charge is 2.40. The number of hydrogen-bond donors (Lipinski definition) is 5. The van der Waals surface area contributed by atoms with Crippen LogP contribution < -0.4 is 16.4 Å². The van der Waals surface area contributed by atoms with Gasteiger partial charge in [-0.15, -0.1) is 0 Å². The molecule has 0 saturated carbocycles. The molecule has 0 fully saturated rings. The molecule has 3 rings (SSSR count). The summed E-state index contributed by atoms with van der Waals surface area (Å²) >= 11 is 1.08. The van der Waals surface area contributed by atoms with Crippen LogP contribution in [0.3, 0.4) is 0 Å². The maximum absolute atomic E-state index is 12.1. The Balaban J connectivity index is 1.70. The highest BCUT2D eigenvalue weighted by Crippen LogP contribution is 2.35. The Kier molecular flexibility index (Phi) is 10.3. The third kappa shape index (κ3) is 7.08. The fraction of sp³-hybridized carbons (Fsp3) is 0.429. The standard InChI is InChI=1S/C21H29N6O7PS/c1-21(31,27-12-23-16-18(27)25-20(22)26-19(16)30)17(29)15(32-2)11-34-35(33-8-9-36-13-28)24-10-14-6-4-3-5-7-14/h3-7,12-13,15,17,24,29,31H,8-11H2,1-2H3,(H3,22,25,26,30). The number of nitrogen functional groups attached to an aromatic ring is 1. The van der Waals surface area contributed by atoms with Crippen LogP contribution in [-0.4, -0.2) is 73.6 Å². The molecule has 0 amide bonds. The molecule has 4 unspecified atom stereocenters. The topological polar surface area (TPSA) is 187 Å². The minimum Gasteiger partial charge on any atom is -0.385 e. The van der Waals surface area contributed by atoms with Gasteiger partial charge < -0.3 is 29.7 Å². The number of thioether (sulfide) groups is 1. The first kappa shape index (κ1) is 28.2. The van der Waals surface area contributed by atoms with Gasteiger partial charge in [0.15, 0.2) is 22.5 Å². The molecule has 13 nitrogen and oxygen atoms in total. The number of ether oxygens (including phenoxy) is 1. The number of carbonyl (C=O) groups is 1. The molecule has 1 aromatic carbocycles. The fourth-order valence-electron chi connectivity index (χ4n) is 3.28. The van der Waals surface area contributed by atoms with Crippen LogP contribution in [0.5, 0.6) is 0 Å². The summed E-state index contributed by atoms with van der Waals surface area (Å²) in [4.78, 5) is 33.0. The van der Waals surface area contributed by atoms with Gasteiger partial charge >= 0.3 is 0 Å². The zero-order valence-corrected chi connectivity index (χ0v) is 21.4. The summed E-state index contributed by atoms with van der Waals surface area (Å²) < 4.78 is 18.2. The van der Waals surface area contributed by atoms with Crippen molar-refractivity contribution >= 4 is 43.0 Å². The minimum absolute atomic E-state index is 0.00105. The van der Waals surface area contributed by atoms with Crippen molar-refractivity contribution in [3.05, 3.63) is 52.6 Å². The lowest BCUT2D eigenvalue weighted by Crippen LogP contribution is -2.50. The van der Waals surface area contributed by atoms with Gasteiger partial charge in [0.1, 0.15) is 12.2 Å². The number of imidazole rings is 1. The molecule has 0 spiro atoms. The normalized spacial score (nSPS) is 15.9. The van der Waals surface area contributed by atoms with Crippen LogP contribution in [0, 0.1) is 0 Å². The molecule has 0 bridgehead atoms. The maximum Gasteiger partial charge on any atom is 0.280 e. The molecule has 0 aliphatic carbocycles. The second-order valence-corrected chi connectivity index (χ2v) is 10.0. The molecule has 6 N–H and O–H groups in total. The van der Waals surface area contributed by atoms with Crippen molar-refractivity contribution in [2.75, 3.05) is 31.8 Å². The number of rotatable bonds is 15. The van der Waals surface area contributed by atoms with E-state index in [1.165, 1.54) is 20.4 Å². The lowest BCUT2D eigenvalue weighted by atomic mass is 10.0. The van der Waals surface area contributed by atoms with Crippen molar-refractivity contribution in [2.24, 2.45) is 0 Å². The number of nitrogens with two attached hydrogens (primary N) is 1. The van der Waals surface area contributed by atoms with Gasteiger partial charge in [0.05, 0.1) is 19.5 Å². The number of nitrogens with zero attached hydrogens (tertiary/aromatic N) is 3. The number of fused-ring (bicyclic) bond motifs is 1. The second-order valence-electron chi connectivity index (χ2n) is 7.72. The van der Waals surface area contributed by atoms with Gasteiger partial charge in [0.2, 0.25) is 5.95 Å². The van der Waals surface area contributed by atoms with Crippen LogP contribution in [0.4, 0.5) is 5.95 Å². The molecule has 36 heavy (non-hydrogen) atoms. The van der Waals surface area contributed by atoms with E-state index in [2.05, 4.69) is 20.0 Å². The lowest BCUT2D eigenvalue weighted by molar-refractivity contribution is -0.173. The van der Waals surface area contributed by atoms with Gasteiger partial charge in [0.25, 0.3) is 14.1 Å². The van der Waals surface area contributed by atoms with Crippen molar-refractivity contribution in [1.82, 2.24) is 24.6 Å². The molecule has 4 atom stereocenters. The smallest absolute Gasteiger partial charge is 0.280 e. The molecule has 2 aromatic heterocycles. The average Bonchev–Trinajstić information content (AvgIpc) is 3.30. The van der Waals surface area contributed by atoms with Crippen molar-refractivity contribution in [2.45, 2.75) is 31.4 Å². The zero-order chi connectivity index (χ0) is 26.1. The third-order valence-electron chi connectivity index (χ3n) is 5.22. The Bertz CT molecular complexity index is 1180. The van der Waals surface area contributed by atoms with Crippen LogP contribution in [0.2, 0.25) is 0 Å². The molecule has 196 valence electrons. The summed E-state index contributed by atoms with van der Waals surface area (Å²) in [5.41, 5.74) is 4.77. The Morgan fingerprint density at radius 1 is 1.36 bits per heavy atom. The Morgan fingerprint density at radius 3 is 2.81 bits per heavy atom. The van der Waals surface area contributed by atoms with E-state index in [0.29, 0.717) is 12.3 Å². The average molecular weight is 541 g/mol. The fourth-order valence-corrected chi connectivity index (χ4v) is 4.79. The third-order valence-corrected chi connectivity index (χ3v) is 6.97. The Hall–Kier alpha value is -2.42. The number of anilines is 1. The molecule has 3 aromatic rings. The first-order valence-electron chi connectivity index (χ1n) is 10.8. The van der Waals surface area contributed by atoms with E-state index in [9.17, 15) is 19.8 Å². The second kappa shape index (κ2) is 13.2. The van der Waals surface area contributed by atoms with Crippen LogP contribution in [-0.2, 0) is 30.8 Å². The van der Waals surface area contributed by atoms with Gasteiger partial charge in [-0.05, 0) is 12.5 Å². The van der Waals surface area contributed by atoms with Gasteiger partial charge in [-0.3, -0.25) is 19.1 Å². The van der Waals surface area contributed by atoms with Gasteiger partial charge in [-0.1, -0.05) is 42.1 Å².